The van der Waals surface area contributed by atoms with Gasteiger partial charge in [-0.15, -0.1) is 0 Å². The highest BCUT2D eigenvalue weighted by molar-refractivity contribution is 5.95. The Morgan fingerprint density at radius 2 is 1.76 bits per heavy atom. The minimum atomic E-state index is -0.377. The number of ether oxygens (including phenoxy) is 2. The first kappa shape index (κ1) is 13.1. The Morgan fingerprint density at radius 3 is 2.43 bits per heavy atom. The number of benzene rings is 2. The summed E-state index contributed by atoms with van der Waals surface area (Å²) in [7, 11) is 2.74. The van der Waals surface area contributed by atoms with E-state index < -0.39 is 0 Å². The van der Waals surface area contributed by atoms with Crippen LogP contribution in [-0.4, -0.2) is 24.4 Å². The maximum Gasteiger partial charge on any atom is 0.204 e. The lowest BCUT2D eigenvalue weighted by molar-refractivity contribution is 0.373. The predicted molar refractivity (Wildman–Crippen MR) is 76.4 cm³/mol. The first-order valence-electron chi connectivity index (χ1n) is 6.10. The highest BCUT2D eigenvalue weighted by Crippen LogP contribution is 2.36. The van der Waals surface area contributed by atoms with E-state index in [1.54, 1.807) is 0 Å². The van der Waals surface area contributed by atoms with E-state index in [1.165, 1.54) is 38.5 Å². The first-order valence-corrected chi connectivity index (χ1v) is 6.10. The molecular formula is C15H12O6. The Labute approximate surface area is 118 Å². The van der Waals surface area contributed by atoms with E-state index in [1.807, 2.05) is 0 Å². The molecule has 2 aromatic carbocycles. The zero-order chi connectivity index (χ0) is 15.1. The van der Waals surface area contributed by atoms with Crippen molar-refractivity contribution in [2.45, 2.75) is 0 Å². The fourth-order valence-electron chi connectivity index (χ4n) is 2.29. The van der Waals surface area contributed by atoms with Crippen molar-refractivity contribution in [1.29, 1.82) is 0 Å². The molecule has 21 heavy (non-hydrogen) atoms. The molecule has 0 spiro atoms. The molecule has 0 aliphatic carbocycles. The molecule has 0 aliphatic rings. The lowest BCUT2D eigenvalue weighted by atomic mass is 10.1. The van der Waals surface area contributed by atoms with Crippen molar-refractivity contribution in [3.8, 4) is 23.0 Å². The van der Waals surface area contributed by atoms with Crippen LogP contribution in [0.25, 0.3) is 21.9 Å². The average Bonchev–Trinajstić information content (AvgIpc) is 2.47. The third-order valence-corrected chi connectivity index (χ3v) is 3.28. The summed E-state index contributed by atoms with van der Waals surface area (Å²) in [6.07, 6.45) is 0. The molecule has 0 saturated carbocycles. The summed E-state index contributed by atoms with van der Waals surface area (Å²) < 4.78 is 15.7. The van der Waals surface area contributed by atoms with Crippen LogP contribution in [0.15, 0.2) is 33.5 Å². The van der Waals surface area contributed by atoms with Gasteiger partial charge in [-0.25, -0.2) is 0 Å². The number of fused-ring (bicyclic) bond motifs is 2. The minimum absolute atomic E-state index is 0.0511. The molecule has 108 valence electrons. The Bertz CT molecular complexity index is 910. The summed E-state index contributed by atoms with van der Waals surface area (Å²) in [4.78, 5) is 12.6. The van der Waals surface area contributed by atoms with Crippen LogP contribution in [0.1, 0.15) is 0 Å². The van der Waals surface area contributed by atoms with Gasteiger partial charge >= 0.3 is 0 Å². The highest BCUT2D eigenvalue weighted by Gasteiger charge is 2.17. The second-order valence-corrected chi connectivity index (χ2v) is 4.44. The lowest BCUT2D eigenvalue weighted by Gasteiger charge is -2.09. The number of phenols is 2. The second kappa shape index (κ2) is 4.59. The molecule has 1 heterocycles. The number of hydrogen-bond acceptors (Lipinski definition) is 6. The third kappa shape index (κ3) is 1.84. The minimum Gasteiger partial charge on any atom is -0.504 e. The number of rotatable bonds is 2. The summed E-state index contributed by atoms with van der Waals surface area (Å²) in [5.41, 5.74) is 0.0996. The normalized spacial score (nSPS) is 11.0. The molecule has 0 atom stereocenters. The Kier molecular flexibility index (Phi) is 2.86. The number of aromatic hydroxyl groups is 2. The Balaban J connectivity index is 2.54. The van der Waals surface area contributed by atoms with Crippen LogP contribution >= 0.6 is 0 Å². The van der Waals surface area contributed by atoms with Gasteiger partial charge in [0.2, 0.25) is 5.43 Å². The van der Waals surface area contributed by atoms with Crippen LogP contribution in [0.5, 0.6) is 23.0 Å². The largest absolute Gasteiger partial charge is 0.504 e. The first-order chi connectivity index (χ1) is 10.1. The molecule has 6 heteroatoms. The van der Waals surface area contributed by atoms with Crippen LogP contribution in [0.3, 0.4) is 0 Å². The van der Waals surface area contributed by atoms with E-state index in [9.17, 15) is 15.0 Å². The van der Waals surface area contributed by atoms with Gasteiger partial charge in [-0.1, -0.05) is 0 Å². The summed E-state index contributed by atoms with van der Waals surface area (Å²) >= 11 is 0. The zero-order valence-electron chi connectivity index (χ0n) is 11.3. The van der Waals surface area contributed by atoms with Gasteiger partial charge in [0.15, 0.2) is 23.0 Å². The van der Waals surface area contributed by atoms with Crippen LogP contribution in [0.2, 0.25) is 0 Å². The van der Waals surface area contributed by atoms with Crippen molar-refractivity contribution in [3.05, 3.63) is 34.5 Å². The molecule has 0 bridgehead atoms. The van der Waals surface area contributed by atoms with Crippen LogP contribution in [0.4, 0.5) is 0 Å². The lowest BCUT2D eigenvalue weighted by Crippen LogP contribution is -2.04. The molecule has 0 fully saturated rings. The standard InChI is InChI=1S/C15H12O6/c1-19-12-5-7-11(6-9(12)17)21-10-4-3-8(16)15(20-2)13(10)14(7)18/h3-6,16-17H,1-2H3. The van der Waals surface area contributed by atoms with Crippen LogP contribution in [-0.2, 0) is 0 Å². The molecule has 6 nitrogen and oxygen atoms in total. The molecule has 3 rings (SSSR count). The van der Waals surface area contributed by atoms with E-state index in [4.69, 9.17) is 13.9 Å². The SMILES string of the molecule is COc1cc2c(=O)c3c(OC)c(O)ccc3oc2cc1O. The van der Waals surface area contributed by atoms with E-state index in [2.05, 4.69) is 0 Å². The van der Waals surface area contributed by atoms with Gasteiger partial charge in [0, 0.05) is 6.07 Å². The summed E-state index contributed by atoms with van der Waals surface area (Å²) in [5, 5.41) is 19.9. The number of hydrogen-bond donors (Lipinski definition) is 2. The fraction of sp³-hybridized carbons (Fsp3) is 0.133. The smallest absolute Gasteiger partial charge is 0.204 e. The molecule has 1 aromatic heterocycles. The fourth-order valence-corrected chi connectivity index (χ4v) is 2.29. The van der Waals surface area contributed by atoms with Crippen molar-refractivity contribution >= 4 is 21.9 Å². The van der Waals surface area contributed by atoms with Gasteiger partial charge in [0.05, 0.1) is 19.6 Å². The molecule has 0 unspecified atom stereocenters. The van der Waals surface area contributed by atoms with Crippen LogP contribution < -0.4 is 14.9 Å². The monoisotopic (exact) mass is 288 g/mol. The van der Waals surface area contributed by atoms with Crippen molar-refractivity contribution in [3.63, 3.8) is 0 Å². The van der Waals surface area contributed by atoms with Gasteiger partial charge in [-0.05, 0) is 18.2 Å². The maximum atomic E-state index is 12.6. The molecule has 0 aliphatic heterocycles. The van der Waals surface area contributed by atoms with E-state index >= 15 is 0 Å². The molecule has 0 amide bonds. The van der Waals surface area contributed by atoms with Crippen molar-refractivity contribution < 1.29 is 24.1 Å². The van der Waals surface area contributed by atoms with Gasteiger partial charge < -0.3 is 24.1 Å². The van der Waals surface area contributed by atoms with Crippen molar-refractivity contribution in [2.24, 2.45) is 0 Å². The third-order valence-electron chi connectivity index (χ3n) is 3.28. The second-order valence-electron chi connectivity index (χ2n) is 4.44. The van der Waals surface area contributed by atoms with E-state index in [-0.39, 0.29) is 50.4 Å². The molecule has 2 N–H and O–H groups in total. The van der Waals surface area contributed by atoms with Gasteiger partial charge in [0.1, 0.15) is 16.6 Å². The number of methoxy groups -OCH3 is 2. The zero-order valence-corrected chi connectivity index (χ0v) is 11.3. The molecule has 3 aromatic rings. The number of phenolic OH excluding ortho intramolecular Hbond substituents is 2. The van der Waals surface area contributed by atoms with Gasteiger partial charge in [-0.2, -0.15) is 0 Å². The quantitative estimate of drug-likeness (QED) is 0.704. The Morgan fingerprint density at radius 1 is 1.00 bits per heavy atom. The van der Waals surface area contributed by atoms with Crippen molar-refractivity contribution in [1.82, 2.24) is 0 Å². The molecular weight excluding hydrogens is 276 g/mol. The van der Waals surface area contributed by atoms with E-state index in [0.29, 0.717) is 0 Å². The maximum absolute atomic E-state index is 12.6. The summed E-state index contributed by atoms with van der Waals surface area (Å²) in [5.74, 6) is -0.0656. The molecule has 0 saturated heterocycles. The highest BCUT2D eigenvalue weighted by atomic mass is 16.5. The summed E-state index contributed by atoms with van der Waals surface area (Å²) in [6.45, 7) is 0. The van der Waals surface area contributed by atoms with E-state index in [0.717, 1.165) is 0 Å². The Hall–Kier alpha value is -2.89. The average molecular weight is 288 g/mol. The van der Waals surface area contributed by atoms with Crippen LogP contribution in [0, 0.1) is 0 Å². The molecule has 0 radical (unpaired) electrons. The topological polar surface area (TPSA) is 89.1 Å². The predicted octanol–water partition coefficient (Wildman–Crippen LogP) is 2.37. The summed E-state index contributed by atoms with van der Waals surface area (Å²) in [6, 6.07) is 5.54. The van der Waals surface area contributed by atoms with Gasteiger partial charge in [0.25, 0.3) is 0 Å². The van der Waals surface area contributed by atoms with Gasteiger partial charge in [-0.3, -0.25) is 4.79 Å². The van der Waals surface area contributed by atoms with Crippen molar-refractivity contribution in [2.75, 3.05) is 14.2 Å².